The van der Waals surface area contributed by atoms with Crippen LogP contribution in [0, 0.1) is 17.0 Å². The summed E-state index contributed by atoms with van der Waals surface area (Å²) in [4.78, 5) is 24.0. The van der Waals surface area contributed by atoms with Crippen molar-refractivity contribution in [3.8, 4) is 0 Å². The van der Waals surface area contributed by atoms with Crippen molar-refractivity contribution in [2.45, 2.75) is 13.5 Å². The molecule has 1 amide bonds. The molecule has 0 aliphatic carbocycles. The SMILES string of the molecule is Cc1cc(CN(C)C(=O)c2ccc(Cl)cc2[N+](=O)[O-])no1. The Labute approximate surface area is 125 Å². The number of aromatic nitrogens is 1. The first-order valence-corrected chi connectivity index (χ1v) is 6.38. The number of hydrogen-bond acceptors (Lipinski definition) is 5. The maximum absolute atomic E-state index is 12.3. The average molecular weight is 310 g/mol. The van der Waals surface area contributed by atoms with Gasteiger partial charge in [0, 0.05) is 24.2 Å². The number of halogens is 1. The average Bonchev–Trinajstić information content (AvgIpc) is 2.83. The lowest BCUT2D eigenvalue weighted by Crippen LogP contribution is -2.27. The summed E-state index contributed by atoms with van der Waals surface area (Å²) in [5.41, 5.74) is 0.225. The number of aryl methyl sites for hydroxylation is 1. The molecule has 0 N–H and O–H groups in total. The first kappa shape index (κ1) is 15.0. The number of nitrogens with zero attached hydrogens (tertiary/aromatic N) is 3. The molecule has 0 radical (unpaired) electrons. The van der Waals surface area contributed by atoms with Crippen LogP contribution in [0.15, 0.2) is 28.8 Å². The topological polar surface area (TPSA) is 89.5 Å². The maximum Gasteiger partial charge on any atom is 0.283 e. The van der Waals surface area contributed by atoms with Crippen molar-refractivity contribution in [1.82, 2.24) is 10.1 Å². The zero-order chi connectivity index (χ0) is 15.6. The van der Waals surface area contributed by atoms with Gasteiger partial charge in [-0.1, -0.05) is 16.8 Å². The van der Waals surface area contributed by atoms with Crippen molar-refractivity contribution in [3.63, 3.8) is 0 Å². The van der Waals surface area contributed by atoms with Crippen molar-refractivity contribution < 1.29 is 14.2 Å². The van der Waals surface area contributed by atoms with Crippen LogP contribution in [0.5, 0.6) is 0 Å². The van der Waals surface area contributed by atoms with Crippen LogP contribution in [0.3, 0.4) is 0 Å². The zero-order valence-corrected chi connectivity index (χ0v) is 12.1. The van der Waals surface area contributed by atoms with E-state index in [-0.39, 0.29) is 22.8 Å². The van der Waals surface area contributed by atoms with Gasteiger partial charge < -0.3 is 9.42 Å². The third kappa shape index (κ3) is 3.38. The Kier molecular flexibility index (Phi) is 4.23. The number of carbonyl (C=O) groups is 1. The second-order valence-electron chi connectivity index (χ2n) is 4.51. The van der Waals surface area contributed by atoms with Crippen molar-refractivity contribution >= 4 is 23.2 Å². The smallest absolute Gasteiger partial charge is 0.283 e. The lowest BCUT2D eigenvalue weighted by atomic mass is 10.1. The summed E-state index contributed by atoms with van der Waals surface area (Å²) >= 11 is 5.73. The van der Waals surface area contributed by atoms with Gasteiger partial charge in [0.05, 0.1) is 11.5 Å². The Morgan fingerprint density at radius 3 is 2.76 bits per heavy atom. The van der Waals surface area contributed by atoms with Crippen molar-refractivity contribution in [2.24, 2.45) is 0 Å². The van der Waals surface area contributed by atoms with Crippen LogP contribution in [0.25, 0.3) is 0 Å². The minimum Gasteiger partial charge on any atom is -0.361 e. The highest BCUT2D eigenvalue weighted by Crippen LogP contribution is 2.24. The monoisotopic (exact) mass is 309 g/mol. The predicted molar refractivity (Wildman–Crippen MR) is 75.1 cm³/mol. The van der Waals surface area contributed by atoms with E-state index in [1.165, 1.54) is 24.1 Å². The third-order valence-corrected chi connectivity index (χ3v) is 3.04. The fourth-order valence-corrected chi connectivity index (χ4v) is 2.02. The van der Waals surface area contributed by atoms with Crippen molar-refractivity contribution in [2.75, 3.05) is 7.05 Å². The molecule has 2 aromatic rings. The van der Waals surface area contributed by atoms with Gasteiger partial charge in [0.15, 0.2) is 0 Å². The summed E-state index contributed by atoms with van der Waals surface area (Å²) in [6.45, 7) is 1.93. The summed E-state index contributed by atoms with van der Waals surface area (Å²) in [6.07, 6.45) is 0. The molecule has 0 aliphatic heterocycles. The molecule has 0 fully saturated rings. The van der Waals surface area contributed by atoms with Crippen LogP contribution in [-0.4, -0.2) is 27.9 Å². The number of nitro groups is 1. The van der Waals surface area contributed by atoms with E-state index in [0.717, 1.165) is 6.07 Å². The van der Waals surface area contributed by atoms with E-state index in [1.807, 2.05) is 0 Å². The van der Waals surface area contributed by atoms with Crippen LogP contribution >= 0.6 is 11.6 Å². The summed E-state index contributed by atoms with van der Waals surface area (Å²) in [6, 6.07) is 5.63. The van der Waals surface area contributed by atoms with E-state index in [4.69, 9.17) is 16.1 Å². The molecule has 0 saturated heterocycles. The van der Waals surface area contributed by atoms with E-state index >= 15 is 0 Å². The molecule has 0 atom stereocenters. The second-order valence-corrected chi connectivity index (χ2v) is 4.95. The Morgan fingerprint density at radius 1 is 1.48 bits per heavy atom. The summed E-state index contributed by atoms with van der Waals surface area (Å²) in [7, 11) is 1.53. The highest BCUT2D eigenvalue weighted by Gasteiger charge is 2.23. The van der Waals surface area contributed by atoms with Gasteiger partial charge in [-0.3, -0.25) is 14.9 Å². The second kappa shape index (κ2) is 5.92. The number of nitro benzene ring substituents is 1. The molecule has 0 spiro atoms. The van der Waals surface area contributed by atoms with Crippen LogP contribution in [0.2, 0.25) is 5.02 Å². The quantitative estimate of drug-likeness (QED) is 0.640. The van der Waals surface area contributed by atoms with E-state index < -0.39 is 10.8 Å². The van der Waals surface area contributed by atoms with Crippen molar-refractivity contribution in [3.05, 3.63) is 56.4 Å². The first-order chi connectivity index (χ1) is 9.88. The largest absolute Gasteiger partial charge is 0.361 e. The normalized spacial score (nSPS) is 10.4. The van der Waals surface area contributed by atoms with Crippen molar-refractivity contribution in [1.29, 1.82) is 0 Å². The summed E-state index contributed by atoms with van der Waals surface area (Å²) in [5.74, 6) is 0.141. The van der Waals surface area contributed by atoms with Gasteiger partial charge in [0.1, 0.15) is 17.0 Å². The molecule has 1 heterocycles. The van der Waals surface area contributed by atoms with Gasteiger partial charge in [-0.25, -0.2) is 0 Å². The highest BCUT2D eigenvalue weighted by atomic mass is 35.5. The molecular formula is C13H12ClN3O4. The van der Waals surface area contributed by atoms with E-state index in [2.05, 4.69) is 5.16 Å². The predicted octanol–water partition coefficient (Wildman–Crippen LogP) is 2.82. The number of amides is 1. The van der Waals surface area contributed by atoms with Crippen LogP contribution in [0.1, 0.15) is 21.8 Å². The number of rotatable bonds is 4. The Hall–Kier alpha value is -2.41. The first-order valence-electron chi connectivity index (χ1n) is 6.00. The van der Waals surface area contributed by atoms with Crippen LogP contribution < -0.4 is 0 Å². The Morgan fingerprint density at radius 2 is 2.19 bits per heavy atom. The molecule has 8 heteroatoms. The van der Waals surface area contributed by atoms with Gasteiger partial charge in [0.2, 0.25) is 0 Å². The summed E-state index contributed by atoms with van der Waals surface area (Å²) < 4.78 is 4.91. The molecule has 21 heavy (non-hydrogen) atoms. The lowest BCUT2D eigenvalue weighted by molar-refractivity contribution is -0.385. The summed E-state index contributed by atoms with van der Waals surface area (Å²) in [5, 5.41) is 15.0. The molecule has 7 nitrogen and oxygen atoms in total. The molecular weight excluding hydrogens is 298 g/mol. The molecule has 0 aliphatic rings. The standard InChI is InChI=1S/C13H12ClN3O4/c1-8-5-10(15-21-8)7-16(2)13(18)11-4-3-9(14)6-12(11)17(19)20/h3-6H,7H2,1-2H3. The molecule has 2 rings (SSSR count). The van der Waals surface area contributed by atoms with Crippen LogP contribution in [-0.2, 0) is 6.54 Å². The maximum atomic E-state index is 12.3. The molecule has 110 valence electrons. The van der Waals surface area contributed by atoms with E-state index in [0.29, 0.717) is 11.5 Å². The van der Waals surface area contributed by atoms with Gasteiger partial charge in [0.25, 0.3) is 11.6 Å². The van der Waals surface area contributed by atoms with Gasteiger partial charge in [-0.05, 0) is 19.1 Å². The number of hydrogen-bond donors (Lipinski definition) is 0. The minimum atomic E-state index is -0.632. The highest BCUT2D eigenvalue weighted by molar-refractivity contribution is 6.31. The molecule has 1 aromatic carbocycles. The number of carbonyl (C=O) groups excluding carboxylic acids is 1. The van der Waals surface area contributed by atoms with E-state index in [9.17, 15) is 14.9 Å². The fourth-order valence-electron chi connectivity index (χ4n) is 1.85. The Bertz CT molecular complexity index is 698. The van der Waals surface area contributed by atoms with Gasteiger partial charge in [-0.15, -0.1) is 0 Å². The molecule has 1 aromatic heterocycles. The third-order valence-electron chi connectivity index (χ3n) is 2.81. The van der Waals surface area contributed by atoms with Gasteiger partial charge in [-0.2, -0.15) is 0 Å². The lowest BCUT2D eigenvalue weighted by Gasteiger charge is -2.15. The zero-order valence-electron chi connectivity index (χ0n) is 11.4. The molecule has 0 bridgehead atoms. The number of benzene rings is 1. The minimum absolute atomic E-state index is 0.0212. The van der Waals surface area contributed by atoms with Crippen LogP contribution in [0.4, 0.5) is 5.69 Å². The Balaban J connectivity index is 2.25. The molecule has 0 saturated carbocycles. The van der Waals surface area contributed by atoms with E-state index in [1.54, 1.807) is 13.0 Å². The fraction of sp³-hybridized carbons (Fsp3) is 0.231. The molecule has 0 unspecified atom stereocenters. The van der Waals surface area contributed by atoms with Gasteiger partial charge >= 0.3 is 0 Å².